The Morgan fingerprint density at radius 1 is 0.741 bits per heavy atom. The van der Waals surface area contributed by atoms with E-state index < -0.39 is 0 Å². The molecule has 1 fully saturated rings. The molecule has 4 amide bonds. The van der Waals surface area contributed by atoms with Gasteiger partial charge in [-0.1, -0.05) is 36.4 Å². The fourth-order valence-electron chi connectivity index (χ4n) is 2.94. The summed E-state index contributed by atoms with van der Waals surface area (Å²) in [5.74, 6) is -0.470. The Morgan fingerprint density at radius 3 is 1.81 bits per heavy atom. The smallest absolute Gasteiger partial charge is 0.336 e. The van der Waals surface area contributed by atoms with E-state index in [-0.39, 0.29) is 23.9 Å². The van der Waals surface area contributed by atoms with Crippen molar-refractivity contribution in [3.05, 3.63) is 71.8 Å². The molecule has 3 N–H and O–H groups in total. The molecule has 7 heteroatoms. The number of nitrogens with one attached hydrogen (secondary N) is 3. The highest BCUT2D eigenvalue weighted by Gasteiger charge is 2.24. The number of likely N-dealkylation sites (tertiary alicyclic amines) is 1. The van der Waals surface area contributed by atoms with Crippen molar-refractivity contribution in [1.82, 2.24) is 21.1 Å². The molecule has 0 atom stereocenters. The maximum Gasteiger partial charge on any atom is 0.336 e. The van der Waals surface area contributed by atoms with Crippen molar-refractivity contribution >= 4 is 17.8 Å². The first-order chi connectivity index (χ1) is 13.1. The van der Waals surface area contributed by atoms with E-state index in [0.717, 1.165) is 0 Å². The molecule has 0 spiro atoms. The molecule has 1 aliphatic heterocycles. The molecule has 2 aromatic rings. The minimum atomic E-state index is -0.367. The minimum Gasteiger partial charge on any atom is -0.349 e. The molecule has 1 heterocycles. The van der Waals surface area contributed by atoms with Crippen LogP contribution in [0.3, 0.4) is 0 Å². The second-order valence-corrected chi connectivity index (χ2v) is 6.35. The van der Waals surface area contributed by atoms with Crippen molar-refractivity contribution in [2.75, 3.05) is 13.1 Å². The van der Waals surface area contributed by atoms with Crippen molar-refractivity contribution in [1.29, 1.82) is 0 Å². The summed E-state index contributed by atoms with van der Waals surface area (Å²) in [6, 6.07) is 17.4. The highest BCUT2D eigenvalue weighted by molar-refractivity contribution is 5.95. The van der Waals surface area contributed by atoms with Crippen LogP contribution in [-0.2, 0) is 0 Å². The van der Waals surface area contributed by atoms with Gasteiger partial charge in [0.2, 0.25) is 0 Å². The van der Waals surface area contributed by atoms with Crippen molar-refractivity contribution in [3.63, 3.8) is 0 Å². The van der Waals surface area contributed by atoms with Crippen molar-refractivity contribution in [3.8, 4) is 0 Å². The second kappa shape index (κ2) is 8.84. The zero-order valence-electron chi connectivity index (χ0n) is 14.9. The number of carbonyl (C=O) groups excluding carboxylic acids is 3. The molecule has 3 rings (SSSR count). The third-order valence-corrected chi connectivity index (χ3v) is 4.47. The van der Waals surface area contributed by atoms with Gasteiger partial charge < -0.3 is 10.2 Å². The Kier molecular flexibility index (Phi) is 6.04. The summed E-state index contributed by atoms with van der Waals surface area (Å²) in [6.07, 6.45) is 1.33. The first kappa shape index (κ1) is 18.4. The number of urea groups is 1. The Balaban J connectivity index is 1.41. The van der Waals surface area contributed by atoms with E-state index in [1.165, 1.54) is 0 Å². The summed E-state index contributed by atoms with van der Waals surface area (Å²) >= 11 is 0. The SMILES string of the molecule is O=C(NNC(=O)N1CCC(NC(=O)c2ccccc2)CC1)c1ccccc1. The second-order valence-electron chi connectivity index (χ2n) is 6.35. The summed E-state index contributed by atoms with van der Waals surface area (Å²) in [4.78, 5) is 38.0. The van der Waals surface area contributed by atoms with Crippen LogP contribution in [0.4, 0.5) is 4.79 Å². The molecular weight excluding hydrogens is 344 g/mol. The van der Waals surface area contributed by atoms with Crippen LogP contribution < -0.4 is 16.2 Å². The number of hydrogen-bond acceptors (Lipinski definition) is 3. The normalized spacial score (nSPS) is 14.3. The summed E-state index contributed by atoms with van der Waals surface area (Å²) in [5, 5.41) is 3.00. The quantitative estimate of drug-likeness (QED) is 0.725. The highest BCUT2D eigenvalue weighted by atomic mass is 16.2. The molecule has 0 bridgehead atoms. The number of rotatable bonds is 3. The molecule has 0 unspecified atom stereocenters. The molecule has 1 saturated heterocycles. The molecule has 0 saturated carbocycles. The molecule has 0 radical (unpaired) electrons. The Bertz CT molecular complexity index is 787. The summed E-state index contributed by atoms with van der Waals surface area (Å²) in [6.45, 7) is 1.01. The van der Waals surface area contributed by atoms with Crippen molar-refractivity contribution < 1.29 is 14.4 Å². The monoisotopic (exact) mass is 366 g/mol. The Morgan fingerprint density at radius 2 is 1.26 bits per heavy atom. The lowest BCUT2D eigenvalue weighted by atomic mass is 10.0. The molecule has 0 aliphatic carbocycles. The molecular formula is C20H22N4O3. The number of benzene rings is 2. The maximum absolute atomic E-state index is 12.2. The van der Waals surface area contributed by atoms with Crippen LogP contribution in [0, 0.1) is 0 Å². The van der Waals surface area contributed by atoms with Gasteiger partial charge in [-0.3, -0.25) is 15.0 Å². The largest absolute Gasteiger partial charge is 0.349 e. The van der Waals surface area contributed by atoms with E-state index in [4.69, 9.17) is 0 Å². The topological polar surface area (TPSA) is 90.5 Å². The molecule has 140 valence electrons. The number of piperidine rings is 1. The van der Waals surface area contributed by atoms with E-state index in [9.17, 15) is 14.4 Å². The van der Waals surface area contributed by atoms with E-state index in [1.807, 2.05) is 24.3 Å². The van der Waals surface area contributed by atoms with Gasteiger partial charge in [0, 0.05) is 30.3 Å². The van der Waals surface area contributed by atoms with E-state index >= 15 is 0 Å². The standard InChI is InChI=1S/C20H22N4O3/c25-18(15-7-3-1-4-8-15)21-17-11-13-24(14-12-17)20(27)23-22-19(26)16-9-5-2-6-10-16/h1-10,17H,11-14H2,(H,21,25)(H,22,26)(H,23,27). The van der Waals surface area contributed by atoms with Gasteiger partial charge in [0.05, 0.1) is 0 Å². The third-order valence-electron chi connectivity index (χ3n) is 4.47. The highest BCUT2D eigenvalue weighted by Crippen LogP contribution is 2.11. The van der Waals surface area contributed by atoms with Gasteiger partial charge in [-0.2, -0.15) is 0 Å². The first-order valence-electron chi connectivity index (χ1n) is 8.89. The fraction of sp³-hybridized carbons (Fsp3) is 0.250. The van der Waals surface area contributed by atoms with Crippen molar-refractivity contribution in [2.24, 2.45) is 0 Å². The zero-order chi connectivity index (χ0) is 19.1. The first-order valence-corrected chi connectivity index (χ1v) is 8.89. The molecule has 27 heavy (non-hydrogen) atoms. The molecule has 0 aromatic heterocycles. The predicted molar refractivity (Wildman–Crippen MR) is 101 cm³/mol. The van der Waals surface area contributed by atoms with Crippen molar-refractivity contribution in [2.45, 2.75) is 18.9 Å². The number of hydrazine groups is 1. The molecule has 2 aromatic carbocycles. The lowest BCUT2D eigenvalue weighted by molar-refractivity contribution is 0.0900. The zero-order valence-corrected chi connectivity index (χ0v) is 14.9. The lowest BCUT2D eigenvalue weighted by Crippen LogP contribution is -2.53. The number of amides is 4. The number of carbonyl (C=O) groups is 3. The minimum absolute atomic E-state index is 0.0284. The number of nitrogens with zero attached hydrogens (tertiary/aromatic N) is 1. The van der Waals surface area contributed by atoms with Gasteiger partial charge in [0.15, 0.2) is 0 Å². The average Bonchev–Trinajstić information content (AvgIpc) is 2.73. The predicted octanol–water partition coefficient (Wildman–Crippen LogP) is 1.94. The van der Waals surface area contributed by atoms with E-state index in [1.54, 1.807) is 41.3 Å². The van der Waals surface area contributed by atoms with Gasteiger partial charge in [0.25, 0.3) is 11.8 Å². The van der Waals surface area contributed by atoms with Crippen LogP contribution in [0.15, 0.2) is 60.7 Å². The van der Waals surface area contributed by atoms with Gasteiger partial charge >= 0.3 is 6.03 Å². The Hall–Kier alpha value is -3.35. The van der Waals surface area contributed by atoms with Crippen LogP contribution in [0.5, 0.6) is 0 Å². The van der Waals surface area contributed by atoms with E-state index in [0.29, 0.717) is 37.1 Å². The molecule has 1 aliphatic rings. The van der Waals surface area contributed by atoms with Gasteiger partial charge in [-0.05, 0) is 37.1 Å². The van der Waals surface area contributed by atoms with Gasteiger partial charge in [0.1, 0.15) is 0 Å². The average molecular weight is 366 g/mol. The van der Waals surface area contributed by atoms with Crippen LogP contribution in [0.1, 0.15) is 33.6 Å². The van der Waals surface area contributed by atoms with Crippen LogP contribution in [-0.4, -0.2) is 41.9 Å². The summed E-state index contributed by atoms with van der Waals surface area (Å²) in [7, 11) is 0. The summed E-state index contributed by atoms with van der Waals surface area (Å²) in [5.41, 5.74) is 5.94. The summed E-state index contributed by atoms with van der Waals surface area (Å²) < 4.78 is 0. The van der Waals surface area contributed by atoms with E-state index in [2.05, 4.69) is 16.2 Å². The molecule has 7 nitrogen and oxygen atoms in total. The maximum atomic E-state index is 12.2. The third kappa shape index (κ3) is 5.07. The Labute approximate surface area is 157 Å². The van der Waals surface area contributed by atoms with Crippen LogP contribution in [0.25, 0.3) is 0 Å². The van der Waals surface area contributed by atoms with Crippen LogP contribution >= 0.6 is 0 Å². The lowest BCUT2D eigenvalue weighted by Gasteiger charge is -2.32. The van der Waals surface area contributed by atoms with Crippen LogP contribution in [0.2, 0.25) is 0 Å². The van der Waals surface area contributed by atoms with Gasteiger partial charge in [-0.15, -0.1) is 0 Å². The van der Waals surface area contributed by atoms with Gasteiger partial charge in [-0.25, -0.2) is 10.2 Å². The number of hydrogen-bond donors (Lipinski definition) is 3. The fourth-order valence-corrected chi connectivity index (χ4v) is 2.94.